The van der Waals surface area contributed by atoms with Crippen molar-refractivity contribution in [3.05, 3.63) is 59.2 Å². The fourth-order valence-corrected chi connectivity index (χ4v) is 2.62. The lowest BCUT2D eigenvalue weighted by atomic mass is 10.0. The zero-order valence-electron chi connectivity index (χ0n) is 10.3. The molecule has 0 fully saturated rings. The van der Waals surface area contributed by atoms with Gasteiger partial charge in [0.2, 0.25) is 0 Å². The first-order valence-corrected chi connectivity index (χ1v) is 6.51. The van der Waals surface area contributed by atoms with Crippen molar-refractivity contribution in [2.75, 3.05) is 0 Å². The van der Waals surface area contributed by atoms with Gasteiger partial charge in [-0.1, -0.05) is 49.7 Å². The van der Waals surface area contributed by atoms with Gasteiger partial charge in [-0.3, -0.25) is 0 Å². The van der Waals surface area contributed by atoms with Gasteiger partial charge in [0, 0.05) is 0 Å². The van der Waals surface area contributed by atoms with Gasteiger partial charge in [-0.15, -0.1) is 0 Å². The summed E-state index contributed by atoms with van der Waals surface area (Å²) in [6.07, 6.45) is 4.75. The molecule has 0 aliphatic heterocycles. The van der Waals surface area contributed by atoms with Gasteiger partial charge in [-0.2, -0.15) is 0 Å². The monoisotopic (exact) mass is 221 g/mol. The third kappa shape index (κ3) is 1.88. The van der Waals surface area contributed by atoms with E-state index in [1.165, 1.54) is 47.1 Å². The van der Waals surface area contributed by atoms with Gasteiger partial charge < -0.3 is 0 Å². The van der Waals surface area contributed by atoms with Crippen LogP contribution < -0.4 is 0 Å². The molecule has 0 amide bonds. The van der Waals surface area contributed by atoms with Crippen LogP contribution >= 0.6 is 0 Å². The van der Waals surface area contributed by atoms with Crippen LogP contribution in [0.3, 0.4) is 0 Å². The van der Waals surface area contributed by atoms with Gasteiger partial charge in [0.25, 0.3) is 0 Å². The van der Waals surface area contributed by atoms with E-state index in [1.54, 1.807) is 0 Å². The van der Waals surface area contributed by atoms with Crippen molar-refractivity contribution in [1.82, 2.24) is 0 Å². The van der Waals surface area contributed by atoms with Crippen LogP contribution in [0.2, 0.25) is 0 Å². The summed E-state index contributed by atoms with van der Waals surface area (Å²) < 4.78 is 0. The fraction of sp³-hybridized carbons (Fsp3) is 0.294. The predicted molar refractivity (Wildman–Crippen MR) is 72.1 cm³/mol. The summed E-state index contributed by atoms with van der Waals surface area (Å²) in [6.45, 7) is 2.24. The Labute approximate surface area is 103 Å². The second kappa shape index (κ2) is 4.37. The first-order chi connectivity index (χ1) is 8.38. The maximum atomic E-state index is 3.61. The molecule has 0 bridgehead atoms. The molecule has 0 nitrogen and oxygen atoms in total. The summed E-state index contributed by atoms with van der Waals surface area (Å²) in [5.74, 6) is 0. The van der Waals surface area contributed by atoms with Crippen LogP contribution in [0, 0.1) is 6.07 Å². The van der Waals surface area contributed by atoms with Crippen molar-refractivity contribution in [3.63, 3.8) is 0 Å². The van der Waals surface area contributed by atoms with E-state index in [0.717, 1.165) is 6.42 Å². The van der Waals surface area contributed by atoms with E-state index in [0.29, 0.717) is 0 Å². The number of hydrogen-bond donors (Lipinski definition) is 0. The van der Waals surface area contributed by atoms with Crippen molar-refractivity contribution in [3.8, 4) is 11.1 Å². The standard InChI is InChI=1S/C17H17/c1-2-3-6-13-9-10-17-15(11-13)12-14-7-4-5-8-16(14)17/h4-5,7-10H,2-3,6,12H2,1H3. The Balaban J connectivity index is 1.95. The van der Waals surface area contributed by atoms with Gasteiger partial charge in [-0.05, 0) is 53.1 Å². The van der Waals surface area contributed by atoms with Crippen LogP contribution in [0.25, 0.3) is 11.1 Å². The molecule has 0 unspecified atom stereocenters. The Morgan fingerprint density at radius 1 is 1.06 bits per heavy atom. The van der Waals surface area contributed by atoms with Crippen molar-refractivity contribution < 1.29 is 0 Å². The Hall–Kier alpha value is -1.56. The number of fused-ring (bicyclic) bond motifs is 3. The number of unbranched alkanes of at least 4 members (excludes halogenated alkanes) is 1. The first kappa shape index (κ1) is 10.6. The lowest BCUT2D eigenvalue weighted by molar-refractivity contribution is 0.793. The highest BCUT2D eigenvalue weighted by molar-refractivity contribution is 5.76. The minimum atomic E-state index is 1.06. The topological polar surface area (TPSA) is 0 Å². The Bertz CT molecular complexity index is 537. The minimum Gasteiger partial charge on any atom is -0.0654 e. The van der Waals surface area contributed by atoms with E-state index in [9.17, 15) is 0 Å². The summed E-state index contributed by atoms with van der Waals surface area (Å²) in [7, 11) is 0. The largest absolute Gasteiger partial charge is 0.0654 e. The maximum Gasteiger partial charge on any atom is -0.000718 e. The van der Waals surface area contributed by atoms with Gasteiger partial charge in [0.05, 0.1) is 0 Å². The molecule has 0 atom stereocenters. The summed E-state index contributed by atoms with van der Waals surface area (Å²) in [6, 6.07) is 16.8. The van der Waals surface area contributed by atoms with E-state index in [2.05, 4.69) is 49.4 Å². The highest BCUT2D eigenvalue weighted by Gasteiger charge is 2.17. The molecule has 2 aromatic rings. The molecule has 1 radical (unpaired) electrons. The van der Waals surface area contributed by atoms with E-state index >= 15 is 0 Å². The lowest BCUT2D eigenvalue weighted by Gasteiger charge is -2.04. The molecular weight excluding hydrogens is 204 g/mol. The van der Waals surface area contributed by atoms with E-state index in [-0.39, 0.29) is 0 Å². The van der Waals surface area contributed by atoms with Crippen molar-refractivity contribution >= 4 is 0 Å². The molecule has 3 rings (SSSR count). The number of aryl methyl sites for hydroxylation is 1. The third-order valence-electron chi connectivity index (χ3n) is 3.56. The molecule has 0 aromatic heterocycles. The van der Waals surface area contributed by atoms with Crippen LogP contribution in [0.1, 0.15) is 36.5 Å². The molecule has 0 spiro atoms. The fourth-order valence-electron chi connectivity index (χ4n) is 2.62. The highest BCUT2D eigenvalue weighted by Crippen LogP contribution is 2.36. The number of hydrogen-bond acceptors (Lipinski definition) is 0. The SMILES string of the molecule is CCCCc1[c]c2c(cc1)-c1ccccc1C2. The summed E-state index contributed by atoms with van der Waals surface area (Å²) in [4.78, 5) is 0. The number of rotatable bonds is 3. The summed E-state index contributed by atoms with van der Waals surface area (Å²) in [5, 5.41) is 0. The van der Waals surface area contributed by atoms with E-state index in [1.807, 2.05) is 0 Å². The second-order valence-corrected chi connectivity index (χ2v) is 4.81. The molecule has 1 aliphatic rings. The van der Waals surface area contributed by atoms with Crippen LogP contribution in [-0.4, -0.2) is 0 Å². The average molecular weight is 221 g/mol. The average Bonchev–Trinajstić information content (AvgIpc) is 2.74. The van der Waals surface area contributed by atoms with Crippen LogP contribution in [-0.2, 0) is 12.8 Å². The highest BCUT2D eigenvalue weighted by atomic mass is 14.2. The second-order valence-electron chi connectivity index (χ2n) is 4.81. The zero-order chi connectivity index (χ0) is 11.7. The van der Waals surface area contributed by atoms with Crippen LogP contribution in [0.4, 0.5) is 0 Å². The molecule has 2 aromatic carbocycles. The third-order valence-corrected chi connectivity index (χ3v) is 3.56. The summed E-state index contributed by atoms with van der Waals surface area (Å²) in [5.41, 5.74) is 7.01. The minimum absolute atomic E-state index is 1.06. The predicted octanol–water partition coefficient (Wildman–Crippen LogP) is 4.40. The molecule has 0 saturated heterocycles. The number of benzene rings is 2. The Morgan fingerprint density at radius 3 is 2.82 bits per heavy atom. The van der Waals surface area contributed by atoms with Gasteiger partial charge in [0.15, 0.2) is 0 Å². The van der Waals surface area contributed by atoms with Gasteiger partial charge in [0.1, 0.15) is 0 Å². The van der Waals surface area contributed by atoms with Gasteiger partial charge in [-0.25, -0.2) is 0 Å². The van der Waals surface area contributed by atoms with E-state index in [4.69, 9.17) is 0 Å². The summed E-state index contributed by atoms with van der Waals surface area (Å²) >= 11 is 0. The molecule has 0 heterocycles. The molecular formula is C17H17. The molecule has 0 N–H and O–H groups in total. The normalized spacial score (nSPS) is 12.3. The van der Waals surface area contributed by atoms with Crippen molar-refractivity contribution in [2.24, 2.45) is 0 Å². The van der Waals surface area contributed by atoms with Crippen molar-refractivity contribution in [2.45, 2.75) is 32.6 Å². The maximum absolute atomic E-state index is 3.61. The zero-order valence-corrected chi connectivity index (χ0v) is 10.3. The molecule has 0 heteroatoms. The molecule has 85 valence electrons. The smallest absolute Gasteiger partial charge is 0.000718 e. The van der Waals surface area contributed by atoms with Gasteiger partial charge >= 0.3 is 0 Å². The quantitative estimate of drug-likeness (QED) is 0.615. The Morgan fingerprint density at radius 2 is 1.94 bits per heavy atom. The molecule has 17 heavy (non-hydrogen) atoms. The first-order valence-electron chi connectivity index (χ1n) is 6.51. The molecule has 1 aliphatic carbocycles. The van der Waals surface area contributed by atoms with Crippen LogP contribution in [0.5, 0.6) is 0 Å². The van der Waals surface area contributed by atoms with Crippen LogP contribution in [0.15, 0.2) is 36.4 Å². The Kier molecular flexibility index (Phi) is 2.72. The lowest BCUT2D eigenvalue weighted by Crippen LogP contribution is -1.88. The molecule has 0 saturated carbocycles. The van der Waals surface area contributed by atoms with E-state index < -0.39 is 0 Å². The van der Waals surface area contributed by atoms with Crippen molar-refractivity contribution in [1.29, 1.82) is 0 Å².